The van der Waals surface area contributed by atoms with E-state index < -0.39 is 10.0 Å². The Kier molecular flexibility index (Phi) is 4.19. The van der Waals surface area contributed by atoms with Crippen molar-refractivity contribution in [2.24, 2.45) is 0 Å². The quantitative estimate of drug-likeness (QED) is 0.689. The third kappa shape index (κ3) is 3.58. The van der Waals surface area contributed by atoms with Gasteiger partial charge in [-0.05, 0) is 12.1 Å². The highest BCUT2D eigenvalue weighted by Crippen LogP contribution is 2.02. The first-order valence-electron chi connectivity index (χ1n) is 4.47. The van der Waals surface area contributed by atoms with E-state index in [0.29, 0.717) is 6.42 Å². The van der Waals surface area contributed by atoms with Crippen LogP contribution >= 0.6 is 0 Å². The Morgan fingerprint density at radius 2 is 2.20 bits per heavy atom. The Balaban J connectivity index is 2.58. The summed E-state index contributed by atoms with van der Waals surface area (Å²) in [6.45, 7) is 0. The van der Waals surface area contributed by atoms with Crippen LogP contribution in [-0.4, -0.2) is 37.8 Å². The summed E-state index contributed by atoms with van der Waals surface area (Å²) in [6, 6.07) is 5.41. The normalized spacial score (nSPS) is 11.9. The molecule has 0 aliphatic carbocycles. The minimum Gasteiger partial charge on any atom is -0.288 e. The summed E-state index contributed by atoms with van der Waals surface area (Å²) in [5, 5.41) is 0. The van der Waals surface area contributed by atoms with Crippen LogP contribution in [0.25, 0.3) is 0 Å². The summed E-state index contributed by atoms with van der Waals surface area (Å²) in [5.74, 6) is -0.00560. The summed E-state index contributed by atoms with van der Waals surface area (Å²) in [7, 11) is -0.651. The molecule has 1 aromatic heterocycles. The molecule has 0 radical (unpaired) electrons. The predicted molar refractivity (Wildman–Crippen MR) is 56.5 cm³/mol. The largest absolute Gasteiger partial charge is 0.288 e. The van der Waals surface area contributed by atoms with E-state index >= 15 is 0 Å². The minimum absolute atomic E-state index is 0.00560. The monoisotopic (exact) mass is 230 g/mol. The molecule has 1 rings (SSSR count). The van der Waals surface area contributed by atoms with E-state index in [9.17, 15) is 8.42 Å². The van der Waals surface area contributed by atoms with Gasteiger partial charge in [-0.3, -0.25) is 9.82 Å². The van der Waals surface area contributed by atoms with Crippen LogP contribution in [0.4, 0.5) is 0 Å². The zero-order chi connectivity index (χ0) is 11.3. The molecule has 0 spiro atoms. The number of sulfonamides is 1. The van der Waals surface area contributed by atoms with Gasteiger partial charge >= 0.3 is 0 Å². The van der Waals surface area contributed by atoms with E-state index in [4.69, 9.17) is 0 Å². The molecule has 0 saturated carbocycles. The van der Waals surface area contributed by atoms with Crippen LogP contribution in [0.15, 0.2) is 24.4 Å². The zero-order valence-corrected chi connectivity index (χ0v) is 9.57. The van der Waals surface area contributed by atoms with Crippen molar-refractivity contribution in [3.05, 3.63) is 30.1 Å². The summed E-state index contributed by atoms with van der Waals surface area (Å²) in [6.07, 6.45) is 2.03. The number of pyridine rings is 1. The van der Waals surface area contributed by atoms with Crippen LogP contribution in [-0.2, 0) is 21.3 Å². The lowest BCUT2D eigenvalue weighted by atomic mass is 10.3. The van der Waals surface area contributed by atoms with Gasteiger partial charge in [0.05, 0.1) is 12.9 Å². The van der Waals surface area contributed by atoms with E-state index in [0.717, 1.165) is 10.2 Å². The number of hydrogen-bond donors (Lipinski definition) is 0. The van der Waals surface area contributed by atoms with Crippen LogP contribution in [0.1, 0.15) is 5.69 Å². The fourth-order valence-electron chi connectivity index (χ4n) is 1.02. The van der Waals surface area contributed by atoms with E-state index in [-0.39, 0.29) is 5.75 Å². The Labute approximate surface area is 89.7 Å². The molecule has 0 amide bonds. The molecule has 1 heterocycles. The zero-order valence-electron chi connectivity index (χ0n) is 8.75. The minimum atomic E-state index is -3.34. The fourth-order valence-corrected chi connectivity index (χ4v) is 1.97. The Hall–Kier alpha value is -0.980. The second-order valence-corrected chi connectivity index (χ2v) is 5.07. The van der Waals surface area contributed by atoms with Gasteiger partial charge in [-0.15, -0.1) is 0 Å². The molecule has 0 fully saturated rings. The summed E-state index contributed by atoms with van der Waals surface area (Å²) < 4.78 is 23.9. The van der Waals surface area contributed by atoms with Crippen LogP contribution in [0.5, 0.6) is 0 Å². The maximum Gasteiger partial charge on any atom is 0.236 e. The Morgan fingerprint density at radius 3 is 2.73 bits per heavy atom. The van der Waals surface area contributed by atoms with Gasteiger partial charge in [0.15, 0.2) is 0 Å². The molecule has 0 saturated heterocycles. The highest BCUT2D eigenvalue weighted by atomic mass is 32.2. The van der Waals surface area contributed by atoms with Gasteiger partial charge in [0.2, 0.25) is 10.0 Å². The van der Waals surface area contributed by atoms with Crippen LogP contribution in [0, 0.1) is 0 Å². The fraction of sp³-hybridized carbons (Fsp3) is 0.444. The summed E-state index contributed by atoms with van der Waals surface area (Å²) >= 11 is 0. The Bertz CT molecular complexity index is 391. The van der Waals surface area contributed by atoms with Crippen LogP contribution in [0.2, 0.25) is 0 Å². The smallest absolute Gasteiger partial charge is 0.236 e. The van der Waals surface area contributed by atoms with Crippen molar-refractivity contribution in [3.63, 3.8) is 0 Å². The summed E-state index contributed by atoms with van der Waals surface area (Å²) in [4.78, 5) is 8.67. The molecule has 0 aliphatic rings. The molecular formula is C9H14N2O3S. The second-order valence-electron chi connectivity index (χ2n) is 2.98. The maximum absolute atomic E-state index is 11.5. The van der Waals surface area contributed by atoms with Gasteiger partial charge in [-0.1, -0.05) is 10.5 Å². The van der Waals surface area contributed by atoms with E-state index in [1.165, 1.54) is 14.2 Å². The molecule has 5 nitrogen and oxygen atoms in total. The lowest BCUT2D eigenvalue weighted by molar-refractivity contribution is -0.0257. The molecule has 1 aromatic rings. The molecular weight excluding hydrogens is 216 g/mol. The van der Waals surface area contributed by atoms with Crippen molar-refractivity contribution in [2.45, 2.75) is 6.42 Å². The number of hydrogen-bond acceptors (Lipinski definition) is 4. The lowest BCUT2D eigenvalue weighted by Gasteiger charge is -2.13. The number of aryl methyl sites for hydroxylation is 1. The molecule has 6 heteroatoms. The molecule has 0 aromatic carbocycles. The standard InChI is InChI=1S/C9H14N2O3S/c1-11(14-2)15(12,13)8-6-9-5-3-4-7-10-9/h3-5,7H,6,8H2,1-2H3. The third-order valence-electron chi connectivity index (χ3n) is 1.99. The first-order chi connectivity index (χ1) is 7.06. The molecule has 0 bridgehead atoms. The highest BCUT2D eigenvalue weighted by molar-refractivity contribution is 7.88. The first kappa shape index (κ1) is 12.1. The molecule has 0 unspecified atom stereocenters. The average Bonchev–Trinajstić information content (AvgIpc) is 2.27. The van der Waals surface area contributed by atoms with E-state index in [1.54, 1.807) is 18.3 Å². The summed E-state index contributed by atoms with van der Waals surface area (Å²) in [5.41, 5.74) is 0.755. The van der Waals surface area contributed by atoms with Crippen molar-refractivity contribution < 1.29 is 13.3 Å². The van der Waals surface area contributed by atoms with Gasteiger partial charge in [0.25, 0.3) is 0 Å². The van der Waals surface area contributed by atoms with Gasteiger partial charge in [-0.2, -0.15) is 0 Å². The lowest BCUT2D eigenvalue weighted by Crippen LogP contribution is -2.29. The topological polar surface area (TPSA) is 59.5 Å². The number of nitrogens with zero attached hydrogens (tertiary/aromatic N) is 2. The average molecular weight is 230 g/mol. The number of rotatable bonds is 5. The SMILES string of the molecule is CON(C)S(=O)(=O)CCc1ccccn1. The van der Waals surface area contributed by atoms with E-state index in [1.807, 2.05) is 6.07 Å². The molecule has 84 valence electrons. The van der Waals surface area contributed by atoms with Crippen molar-refractivity contribution in [1.29, 1.82) is 0 Å². The first-order valence-corrected chi connectivity index (χ1v) is 6.08. The molecule has 0 atom stereocenters. The molecule has 0 aliphatic heterocycles. The highest BCUT2D eigenvalue weighted by Gasteiger charge is 2.17. The van der Waals surface area contributed by atoms with Crippen LogP contribution in [0.3, 0.4) is 0 Å². The van der Waals surface area contributed by atoms with Crippen molar-refractivity contribution >= 4 is 10.0 Å². The van der Waals surface area contributed by atoms with Crippen molar-refractivity contribution in [2.75, 3.05) is 19.9 Å². The van der Waals surface area contributed by atoms with Gasteiger partial charge in [-0.25, -0.2) is 8.42 Å². The van der Waals surface area contributed by atoms with Gasteiger partial charge in [0.1, 0.15) is 0 Å². The van der Waals surface area contributed by atoms with Crippen molar-refractivity contribution in [1.82, 2.24) is 9.45 Å². The Morgan fingerprint density at radius 1 is 1.47 bits per heavy atom. The van der Waals surface area contributed by atoms with Gasteiger partial charge in [0, 0.05) is 25.4 Å². The van der Waals surface area contributed by atoms with E-state index in [2.05, 4.69) is 9.82 Å². The number of hydroxylamine groups is 1. The van der Waals surface area contributed by atoms with Gasteiger partial charge < -0.3 is 0 Å². The molecule has 15 heavy (non-hydrogen) atoms. The second kappa shape index (κ2) is 5.20. The maximum atomic E-state index is 11.5. The third-order valence-corrected chi connectivity index (χ3v) is 3.64. The molecule has 0 N–H and O–H groups in total. The predicted octanol–water partition coefficient (Wildman–Crippen LogP) is 0.447. The van der Waals surface area contributed by atoms with Crippen molar-refractivity contribution in [3.8, 4) is 0 Å². The van der Waals surface area contributed by atoms with Crippen LogP contribution < -0.4 is 0 Å². The number of aromatic nitrogens is 1.